The largest absolute Gasteiger partial charge is 0.497 e. The molecular formula is C21H17F2NO3S. The summed E-state index contributed by atoms with van der Waals surface area (Å²) in [4.78, 5) is 0.0551. The molecule has 0 bridgehead atoms. The van der Waals surface area contributed by atoms with Gasteiger partial charge in [0.1, 0.15) is 17.4 Å². The van der Waals surface area contributed by atoms with Crippen LogP contribution >= 0.6 is 0 Å². The molecule has 1 atom stereocenters. The minimum Gasteiger partial charge on any atom is -0.497 e. The second-order valence-corrected chi connectivity index (χ2v) is 8.36. The minimum absolute atomic E-state index is 0.0551. The van der Waals surface area contributed by atoms with Crippen molar-refractivity contribution >= 4 is 15.7 Å². The van der Waals surface area contributed by atoms with E-state index in [1.54, 1.807) is 19.1 Å². The van der Waals surface area contributed by atoms with E-state index in [0.717, 1.165) is 0 Å². The average Bonchev–Trinajstić information content (AvgIpc) is 2.68. The summed E-state index contributed by atoms with van der Waals surface area (Å²) in [5, 5.41) is 0. The predicted octanol–water partition coefficient (Wildman–Crippen LogP) is 4.91. The Kier molecular flexibility index (Phi) is 4.34. The van der Waals surface area contributed by atoms with Gasteiger partial charge in [-0.3, -0.25) is 4.31 Å². The van der Waals surface area contributed by atoms with E-state index in [1.807, 2.05) is 0 Å². The molecule has 4 rings (SSSR count). The van der Waals surface area contributed by atoms with Gasteiger partial charge >= 0.3 is 0 Å². The number of ether oxygens (including phenoxy) is 1. The summed E-state index contributed by atoms with van der Waals surface area (Å²) < 4.78 is 61.2. The molecule has 144 valence electrons. The van der Waals surface area contributed by atoms with Crippen LogP contribution in [0.15, 0.2) is 65.6 Å². The maximum absolute atomic E-state index is 14.0. The Morgan fingerprint density at radius 3 is 2.32 bits per heavy atom. The maximum atomic E-state index is 14.0. The topological polar surface area (TPSA) is 46.6 Å². The average molecular weight is 401 g/mol. The zero-order valence-electron chi connectivity index (χ0n) is 15.2. The Morgan fingerprint density at radius 2 is 1.61 bits per heavy atom. The lowest BCUT2D eigenvalue weighted by Gasteiger charge is -2.37. The predicted molar refractivity (Wildman–Crippen MR) is 103 cm³/mol. The number of hydrogen-bond donors (Lipinski definition) is 0. The van der Waals surface area contributed by atoms with E-state index >= 15 is 0 Å². The molecule has 1 aliphatic rings. The molecule has 1 aliphatic heterocycles. The van der Waals surface area contributed by atoms with Gasteiger partial charge in [0.2, 0.25) is 0 Å². The second kappa shape index (κ2) is 6.60. The van der Waals surface area contributed by atoms with Gasteiger partial charge in [0.05, 0.1) is 23.7 Å². The standard InChI is InChI=1S/C21H17F2NO3S/c1-13-18-8-6-14(22)10-19(18)20-11-15(23)7-9-21(20)24(13)28(25,26)17-5-3-4-16(12-17)27-2/h3-13H,1-2H3. The smallest absolute Gasteiger partial charge is 0.265 e. The van der Waals surface area contributed by atoms with Gasteiger partial charge in [-0.15, -0.1) is 0 Å². The molecular weight excluding hydrogens is 384 g/mol. The number of sulfonamides is 1. The Bertz CT molecular complexity index is 1180. The molecule has 0 spiro atoms. The number of hydrogen-bond acceptors (Lipinski definition) is 3. The van der Waals surface area contributed by atoms with Crippen molar-refractivity contribution in [3.63, 3.8) is 0 Å². The zero-order chi connectivity index (χ0) is 20.1. The molecule has 0 fully saturated rings. The van der Waals surface area contributed by atoms with Gasteiger partial charge in [-0.2, -0.15) is 0 Å². The van der Waals surface area contributed by atoms with E-state index in [4.69, 9.17) is 4.74 Å². The molecule has 0 saturated heterocycles. The van der Waals surface area contributed by atoms with E-state index in [1.165, 1.54) is 59.9 Å². The fourth-order valence-corrected chi connectivity index (χ4v) is 5.28. The maximum Gasteiger partial charge on any atom is 0.265 e. The SMILES string of the molecule is COc1cccc(S(=O)(=O)N2c3ccc(F)cc3-c3cc(F)ccc3C2C)c1. The van der Waals surface area contributed by atoms with Gasteiger partial charge in [-0.1, -0.05) is 12.1 Å². The highest BCUT2D eigenvalue weighted by Crippen LogP contribution is 2.47. The summed E-state index contributed by atoms with van der Waals surface area (Å²) in [5.41, 5.74) is 1.72. The van der Waals surface area contributed by atoms with Crippen LogP contribution in [0.3, 0.4) is 0 Å². The van der Waals surface area contributed by atoms with Crippen LogP contribution in [0.1, 0.15) is 18.5 Å². The summed E-state index contributed by atoms with van der Waals surface area (Å²) in [7, 11) is -2.53. The van der Waals surface area contributed by atoms with E-state index in [-0.39, 0.29) is 4.90 Å². The number of rotatable bonds is 3. The molecule has 3 aromatic carbocycles. The number of methoxy groups -OCH3 is 1. The van der Waals surface area contributed by atoms with Crippen LogP contribution in [0.4, 0.5) is 14.5 Å². The normalized spacial score (nSPS) is 15.7. The monoisotopic (exact) mass is 401 g/mol. The summed E-state index contributed by atoms with van der Waals surface area (Å²) in [6.07, 6.45) is 0. The van der Waals surface area contributed by atoms with Crippen LogP contribution in [-0.4, -0.2) is 15.5 Å². The third-order valence-corrected chi connectivity index (χ3v) is 6.78. The molecule has 0 N–H and O–H groups in total. The highest BCUT2D eigenvalue weighted by Gasteiger charge is 2.37. The van der Waals surface area contributed by atoms with E-state index < -0.39 is 27.7 Å². The molecule has 28 heavy (non-hydrogen) atoms. The molecule has 0 radical (unpaired) electrons. The van der Waals surface area contributed by atoms with Crippen molar-refractivity contribution in [3.05, 3.63) is 77.9 Å². The Morgan fingerprint density at radius 1 is 0.929 bits per heavy atom. The summed E-state index contributed by atoms with van der Waals surface area (Å²) >= 11 is 0. The summed E-state index contributed by atoms with van der Waals surface area (Å²) in [6.45, 7) is 1.72. The molecule has 7 heteroatoms. The first-order valence-electron chi connectivity index (χ1n) is 8.61. The first-order chi connectivity index (χ1) is 13.3. The van der Waals surface area contributed by atoms with Crippen molar-refractivity contribution in [2.75, 3.05) is 11.4 Å². The first kappa shape index (κ1) is 18.4. The summed E-state index contributed by atoms with van der Waals surface area (Å²) in [5.74, 6) is -0.583. The highest BCUT2D eigenvalue weighted by atomic mass is 32.2. The van der Waals surface area contributed by atoms with Crippen LogP contribution in [0.5, 0.6) is 5.75 Å². The fraction of sp³-hybridized carbons (Fsp3) is 0.143. The first-order valence-corrected chi connectivity index (χ1v) is 10.0. The quantitative estimate of drug-likeness (QED) is 0.627. The second-order valence-electron chi connectivity index (χ2n) is 6.55. The number of halogens is 2. The van der Waals surface area contributed by atoms with Crippen LogP contribution in [0.25, 0.3) is 11.1 Å². The van der Waals surface area contributed by atoms with Crippen molar-refractivity contribution in [3.8, 4) is 16.9 Å². The molecule has 0 amide bonds. The van der Waals surface area contributed by atoms with Crippen LogP contribution < -0.4 is 9.04 Å². The van der Waals surface area contributed by atoms with Crippen molar-refractivity contribution in [2.45, 2.75) is 17.9 Å². The zero-order valence-corrected chi connectivity index (χ0v) is 16.0. The fourth-order valence-electron chi connectivity index (χ4n) is 3.59. The lowest BCUT2D eigenvalue weighted by molar-refractivity contribution is 0.413. The van der Waals surface area contributed by atoms with Crippen LogP contribution in [0, 0.1) is 11.6 Å². The summed E-state index contributed by atoms with van der Waals surface area (Å²) in [6, 6.07) is 13.5. The lowest BCUT2D eigenvalue weighted by Crippen LogP contribution is -2.36. The van der Waals surface area contributed by atoms with Gasteiger partial charge in [0.25, 0.3) is 10.0 Å². The molecule has 3 aromatic rings. The third kappa shape index (κ3) is 2.82. The van der Waals surface area contributed by atoms with Gasteiger partial charge in [-0.05, 0) is 60.5 Å². The van der Waals surface area contributed by atoms with Gasteiger partial charge in [0, 0.05) is 11.6 Å². The Hall–Kier alpha value is -2.93. The molecule has 0 aromatic heterocycles. The molecule has 4 nitrogen and oxygen atoms in total. The van der Waals surface area contributed by atoms with E-state index in [2.05, 4.69) is 0 Å². The number of benzene rings is 3. The van der Waals surface area contributed by atoms with Crippen LogP contribution in [-0.2, 0) is 10.0 Å². The van der Waals surface area contributed by atoms with Crippen molar-refractivity contribution < 1.29 is 21.9 Å². The van der Waals surface area contributed by atoms with Crippen molar-refractivity contribution in [1.29, 1.82) is 0 Å². The number of nitrogens with zero attached hydrogens (tertiary/aromatic N) is 1. The van der Waals surface area contributed by atoms with Crippen molar-refractivity contribution in [1.82, 2.24) is 0 Å². The van der Waals surface area contributed by atoms with E-state index in [0.29, 0.717) is 28.1 Å². The third-order valence-electron chi connectivity index (χ3n) is 4.90. The Labute approximate surface area is 162 Å². The van der Waals surface area contributed by atoms with Crippen molar-refractivity contribution in [2.24, 2.45) is 0 Å². The Balaban J connectivity index is 1.96. The highest BCUT2D eigenvalue weighted by molar-refractivity contribution is 7.92. The lowest BCUT2D eigenvalue weighted by atomic mass is 9.90. The van der Waals surface area contributed by atoms with Gasteiger partial charge in [-0.25, -0.2) is 17.2 Å². The van der Waals surface area contributed by atoms with Gasteiger partial charge in [0.15, 0.2) is 0 Å². The van der Waals surface area contributed by atoms with Gasteiger partial charge < -0.3 is 4.74 Å². The molecule has 1 unspecified atom stereocenters. The minimum atomic E-state index is -3.99. The number of anilines is 1. The van der Waals surface area contributed by atoms with E-state index in [9.17, 15) is 17.2 Å². The van der Waals surface area contributed by atoms with Crippen LogP contribution in [0.2, 0.25) is 0 Å². The number of fused-ring (bicyclic) bond motifs is 3. The molecule has 0 aliphatic carbocycles. The molecule has 0 saturated carbocycles. The molecule has 1 heterocycles.